The number of likely N-dealkylation sites (N-methyl/N-ethyl adjacent to an activating group) is 1. The molecule has 3 aromatic rings. The van der Waals surface area contributed by atoms with Crippen LogP contribution in [0.2, 0.25) is 0 Å². The Morgan fingerprint density at radius 2 is 2.04 bits per heavy atom. The van der Waals surface area contributed by atoms with Gasteiger partial charge in [0.15, 0.2) is 11.6 Å². The Balaban J connectivity index is 2.01. The molecule has 122 valence electrons. The first-order chi connectivity index (χ1) is 11.1. The van der Waals surface area contributed by atoms with Gasteiger partial charge < -0.3 is 19.2 Å². The van der Waals surface area contributed by atoms with Crippen LogP contribution in [0.3, 0.4) is 0 Å². The number of nitrogens with one attached hydrogen (secondary N) is 1. The molecule has 0 radical (unpaired) electrons. The smallest absolute Gasteiger partial charge is 0.294 e. The fraction of sp³-hybridized carbons (Fsp3) is 0.412. The molecule has 1 aromatic carbocycles. The highest BCUT2D eigenvalue weighted by Crippen LogP contribution is 2.33. The van der Waals surface area contributed by atoms with E-state index < -0.39 is 0 Å². The molecular formula is C17H22N4O2. The van der Waals surface area contributed by atoms with E-state index in [0.717, 1.165) is 23.1 Å². The van der Waals surface area contributed by atoms with E-state index in [9.17, 15) is 0 Å². The molecule has 0 aliphatic rings. The lowest BCUT2D eigenvalue weighted by atomic mass is 10.1. The lowest BCUT2D eigenvalue weighted by Gasteiger charge is -2.08. The lowest BCUT2D eigenvalue weighted by molar-refractivity contribution is 0.392. The van der Waals surface area contributed by atoms with Crippen molar-refractivity contribution < 1.29 is 8.94 Å². The van der Waals surface area contributed by atoms with Crippen molar-refractivity contribution in [3.63, 3.8) is 0 Å². The molecule has 6 heteroatoms. The molecule has 0 aliphatic heterocycles. The third-order valence-electron chi connectivity index (χ3n) is 3.82. The van der Waals surface area contributed by atoms with E-state index in [4.69, 9.17) is 8.94 Å². The van der Waals surface area contributed by atoms with E-state index >= 15 is 0 Å². The van der Waals surface area contributed by atoms with Crippen LogP contribution >= 0.6 is 0 Å². The average Bonchev–Trinajstić information content (AvgIpc) is 3.12. The maximum Gasteiger partial charge on any atom is 0.294 e. The molecule has 1 N–H and O–H groups in total. The largest absolute Gasteiger partial charge is 0.451 e. The van der Waals surface area contributed by atoms with Crippen LogP contribution in [-0.4, -0.2) is 42.2 Å². The summed E-state index contributed by atoms with van der Waals surface area (Å²) < 4.78 is 11.4. The summed E-state index contributed by atoms with van der Waals surface area (Å²) in [6, 6.07) is 8.27. The van der Waals surface area contributed by atoms with Gasteiger partial charge in [-0.3, -0.25) is 0 Å². The quantitative estimate of drug-likeness (QED) is 0.754. The molecule has 2 aromatic heterocycles. The number of fused-ring (bicyclic) bond motifs is 1. The second-order valence-electron chi connectivity index (χ2n) is 6.05. The first kappa shape index (κ1) is 15.7. The molecule has 0 fully saturated rings. The van der Waals surface area contributed by atoms with Crippen molar-refractivity contribution in [3.8, 4) is 11.7 Å². The van der Waals surface area contributed by atoms with Gasteiger partial charge in [-0.05, 0) is 34.1 Å². The van der Waals surface area contributed by atoms with Crippen LogP contribution in [-0.2, 0) is 13.0 Å². The molecule has 6 nitrogen and oxygen atoms in total. The molecule has 0 amide bonds. The summed E-state index contributed by atoms with van der Waals surface area (Å²) in [7, 11) is 5.97. The average molecular weight is 314 g/mol. The predicted molar refractivity (Wildman–Crippen MR) is 89.1 cm³/mol. The van der Waals surface area contributed by atoms with Crippen molar-refractivity contribution in [1.29, 1.82) is 0 Å². The summed E-state index contributed by atoms with van der Waals surface area (Å²) in [6.07, 6.45) is 0.712. The Morgan fingerprint density at radius 3 is 2.78 bits per heavy atom. The van der Waals surface area contributed by atoms with Crippen molar-refractivity contribution in [1.82, 2.24) is 20.4 Å². The van der Waals surface area contributed by atoms with Crippen molar-refractivity contribution in [3.05, 3.63) is 35.7 Å². The van der Waals surface area contributed by atoms with Crippen LogP contribution in [0.15, 0.2) is 33.2 Å². The standard InChI is InChI=1S/C17H22N4O2/c1-11(18-2)9-15-19-17(23-20-15)16-13(10-21(3)4)12-7-5-6-8-14(12)22-16/h5-8,11,18H,9-10H2,1-4H3. The number of rotatable bonds is 6. The maximum absolute atomic E-state index is 5.99. The number of benzene rings is 1. The zero-order valence-corrected chi connectivity index (χ0v) is 14.0. The number of aromatic nitrogens is 2. The first-order valence-corrected chi connectivity index (χ1v) is 7.74. The van der Waals surface area contributed by atoms with Gasteiger partial charge in [0.2, 0.25) is 0 Å². The summed E-state index contributed by atoms with van der Waals surface area (Å²) in [5.74, 6) is 1.78. The number of nitrogens with zero attached hydrogens (tertiary/aromatic N) is 3. The van der Waals surface area contributed by atoms with Gasteiger partial charge in [-0.15, -0.1) is 0 Å². The topological polar surface area (TPSA) is 67.3 Å². The summed E-state index contributed by atoms with van der Waals surface area (Å²) in [5, 5.41) is 8.32. The molecule has 0 saturated heterocycles. The summed E-state index contributed by atoms with van der Waals surface area (Å²) in [4.78, 5) is 6.60. The molecule has 3 rings (SSSR count). The van der Waals surface area contributed by atoms with Crippen LogP contribution in [0.4, 0.5) is 0 Å². The molecule has 1 atom stereocenters. The van der Waals surface area contributed by atoms with Gasteiger partial charge in [0.05, 0.1) is 0 Å². The van der Waals surface area contributed by atoms with E-state index in [1.807, 2.05) is 39.3 Å². The SMILES string of the molecule is CNC(C)Cc1noc(-c2oc3ccccc3c2CN(C)C)n1. The van der Waals surface area contributed by atoms with Gasteiger partial charge in [0.25, 0.3) is 5.89 Å². The normalized spacial score (nSPS) is 13.1. The van der Waals surface area contributed by atoms with E-state index in [0.29, 0.717) is 23.9 Å². The zero-order valence-electron chi connectivity index (χ0n) is 14.0. The van der Waals surface area contributed by atoms with Gasteiger partial charge >= 0.3 is 0 Å². The fourth-order valence-electron chi connectivity index (χ4n) is 2.55. The molecule has 0 spiro atoms. The summed E-state index contributed by atoms with van der Waals surface area (Å²) >= 11 is 0. The highest BCUT2D eigenvalue weighted by molar-refractivity contribution is 5.86. The predicted octanol–water partition coefficient (Wildman–Crippen LogP) is 2.69. The molecule has 0 aliphatic carbocycles. The van der Waals surface area contributed by atoms with Crippen molar-refractivity contribution in [2.24, 2.45) is 0 Å². The minimum atomic E-state index is 0.289. The first-order valence-electron chi connectivity index (χ1n) is 7.74. The van der Waals surface area contributed by atoms with Crippen LogP contribution in [0, 0.1) is 0 Å². The van der Waals surface area contributed by atoms with E-state index in [1.165, 1.54) is 0 Å². The molecular weight excluding hydrogens is 292 g/mol. The minimum absolute atomic E-state index is 0.289. The van der Waals surface area contributed by atoms with Gasteiger partial charge in [-0.2, -0.15) is 4.98 Å². The van der Waals surface area contributed by atoms with Crippen molar-refractivity contribution in [2.75, 3.05) is 21.1 Å². The number of para-hydroxylation sites is 1. The van der Waals surface area contributed by atoms with Gasteiger partial charge in [0.1, 0.15) is 5.58 Å². The molecule has 2 heterocycles. The highest BCUT2D eigenvalue weighted by atomic mass is 16.5. The van der Waals surface area contributed by atoms with Gasteiger partial charge in [-0.25, -0.2) is 0 Å². The van der Waals surface area contributed by atoms with E-state index in [-0.39, 0.29) is 6.04 Å². The van der Waals surface area contributed by atoms with E-state index in [2.05, 4.69) is 33.3 Å². The Kier molecular flexibility index (Phi) is 4.45. The van der Waals surface area contributed by atoms with Crippen LogP contribution in [0.25, 0.3) is 22.6 Å². The molecule has 23 heavy (non-hydrogen) atoms. The fourth-order valence-corrected chi connectivity index (χ4v) is 2.55. The molecule has 0 bridgehead atoms. The highest BCUT2D eigenvalue weighted by Gasteiger charge is 2.21. The lowest BCUT2D eigenvalue weighted by Crippen LogP contribution is -2.24. The third kappa shape index (κ3) is 3.28. The van der Waals surface area contributed by atoms with Gasteiger partial charge in [0, 0.05) is 30.0 Å². The third-order valence-corrected chi connectivity index (χ3v) is 3.82. The van der Waals surface area contributed by atoms with E-state index in [1.54, 1.807) is 0 Å². The monoisotopic (exact) mass is 314 g/mol. The van der Waals surface area contributed by atoms with Crippen LogP contribution in [0.5, 0.6) is 0 Å². The summed E-state index contributed by atoms with van der Waals surface area (Å²) in [6.45, 7) is 2.83. The molecule has 1 unspecified atom stereocenters. The summed E-state index contributed by atoms with van der Waals surface area (Å²) in [5.41, 5.74) is 1.91. The number of hydrogen-bond donors (Lipinski definition) is 1. The Bertz CT molecular complexity index is 791. The zero-order chi connectivity index (χ0) is 16.4. The van der Waals surface area contributed by atoms with Crippen LogP contribution in [0.1, 0.15) is 18.3 Å². The molecule has 0 saturated carbocycles. The van der Waals surface area contributed by atoms with Gasteiger partial charge in [-0.1, -0.05) is 23.4 Å². The van der Waals surface area contributed by atoms with Crippen LogP contribution < -0.4 is 5.32 Å². The Labute approximate surface area is 135 Å². The van der Waals surface area contributed by atoms with Crippen molar-refractivity contribution in [2.45, 2.75) is 25.9 Å². The van der Waals surface area contributed by atoms with Crippen molar-refractivity contribution >= 4 is 11.0 Å². The number of hydrogen-bond acceptors (Lipinski definition) is 6. The number of furan rings is 1. The Morgan fingerprint density at radius 1 is 1.26 bits per heavy atom. The minimum Gasteiger partial charge on any atom is -0.451 e. The second-order valence-corrected chi connectivity index (χ2v) is 6.05. The maximum atomic E-state index is 5.99. The second kappa shape index (κ2) is 6.52. The Hall–Kier alpha value is -2.18.